The zero-order valence-electron chi connectivity index (χ0n) is 13.3. The van der Waals surface area contributed by atoms with Crippen LogP contribution in [0.25, 0.3) is 0 Å². The second-order valence-corrected chi connectivity index (χ2v) is 6.76. The summed E-state index contributed by atoms with van der Waals surface area (Å²) in [5.41, 5.74) is -0.162. The van der Waals surface area contributed by atoms with Crippen molar-refractivity contribution in [1.82, 2.24) is 20.2 Å². The van der Waals surface area contributed by atoms with Crippen molar-refractivity contribution in [2.45, 2.75) is 49.1 Å². The van der Waals surface area contributed by atoms with Crippen molar-refractivity contribution in [2.75, 3.05) is 0 Å². The Morgan fingerprint density at radius 2 is 1.92 bits per heavy atom. The van der Waals surface area contributed by atoms with Gasteiger partial charge in [-0.05, 0) is 29.3 Å². The number of non-ortho nitro benzene ring substituents is 1. The molecule has 25 heavy (non-hydrogen) atoms. The zero-order chi connectivity index (χ0) is 17.8. The van der Waals surface area contributed by atoms with E-state index in [1.165, 1.54) is 30.3 Å². The van der Waals surface area contributed by atoms with Gasteiger partial charge >= 0.3 is 0 Å². The Hall–Kier alpha value is -2.56. The standard InChI is InChI=1S/C14H16N6O4S/c21-19(22)12-7-6-10(13(8-12)20(23)24)9-25-14-15-16-17-18(14)11-4-2-1-3-5-11/h6-8,11H,1-5,9H2. The largest absolute Gasteiger partial charge is 0.280 e. The predicted molar refractivity (Wildman–Crippen MR) is 89.3 cm³/mol. The molecule has 0 amide bonds. The van der Waals surface area contributed by atoms with Gasteiger partial charge in [-0.3, -0.25) is 20.2 Å². The van der Waals surface area contributed by atoms with Crippen LogP contribution in [0.15, 0.2) is 23.4 Å². The Kier molecular flexibility index (Phi) is 5.22. The van der Waals surface area contributed by atoms with E-state index in [4.69, 9.17) is 0 Å². The third kappa shape index (κ3) is 3.92. The van der Waals surface area contributed by atoms with Crippen molar-refractivity contribution < 1.29 is 9.85 Å². The van der Waals surface area contributed by atoms with E-state index < -0.39 is 9.85 Å². The number of nitro groups is 2. The van der Waals surface area contributed by atoms with E-state index in [0.717, 1.165) is 31.7 Å². The summed E-state index contributed by atoms with van der Waals surface area (Å²) in [6, 6.07) is 3.93. The summed E-state index contributed by atoms with van der Waals surface area (Å²) < 4.78 is 1.79. The van der Waals surface area contributed by atoms with Gasteiger partial charge in [-0.15, -0.1) is 5.10 Å². The van der Waals surface area contributed by atoms with Crippen molar-refractivity contribution >= 4 is 23.1 Å². The van der Waals surface area contributed by atoms with Crippen molar-refractivity contribution in [3.63, 3.8) is 0 Å². The highest BCUT2D eigenvalue weighted by Crippen LogP contribution is 2.33. The molecule has 1 fully saturated rings. The number of benzene rings is 1. The lowest BCUT2D eigenvalue weighted by Gasteiger charge is -2.21. The van der Waals surface area contributed by atoms with Gasteiger partial charge in [0, 0.05) is 17.4 Å². The summed E-state index contributed by atoms with van der Waals surface area (Å²) in [6.45, 7) is 0. The second kappa shape index (κ2) is 7.55. The summed E-state index contributed by atoms with van der Waals surface area (Å²) in [4.78, 5) is 20.8. The third-order valence-electron chi connectivity index (χ3n) is 4.22. The summed E-state index contributed by atoms with van der Waals surface area (Å²) in [5, 5.41) is 34.4. The molecule has 132 valence electrons. The first-order valence-corrected chi connectivity index (χ1v) is 8.87. The molecular weight excluding hydrogens is 348 g/mol. The number of hydrogen-bond donors (Lipinski definition) is 0. The van der Waals surface area contributed by atoms with Crippen LogP contribution in [0.5, 0.6) is 0 Å². The molecule has 1 aliphatic carbocycles. The SMILES string of the molecule is O=[N+]([O-])c1ccc(CSc2nnnn2C2CCCCC2)c([N+](=O)[O-])c1. The normalized spacial score (nSPS) is 15.2. The molecule has 0 aliphatic heterocycles. The van der Waals surface area contributed by atoms with Crippen molar-refractivity contribution in [3.8, 4) is 0 Å². The Labute approximate surface area is 146 Å². The molecule has 10 nitrogen and oxygen atoms in total. The van der Waals surface area contributed by atoms with E-state index in [-0.39, 0.29) is 23.2 Å². The van der Waals surface area contributed by atoms with Crippen LogP contribution in [0.1, 0.15) is 43.7 Å². The molecule has 1 aliphatic rings. The minimum Gasteiger partial charge on any atom is -0.258 e. The number of tetrazole rings is 1. The van der Waals surface area contributed by atoms with E-state index >= 15 is 0 Å². The topological polar surface area (TPSA) is 130 Å². The van der Waals surface area contributed by atoms with Crippen LogP contribution in [-0.2, 0) is 5.75 Å². The number of thioether (sulfide) groups is 1. The maximum atomic E-state index is 11.2. The first kappa shape index (κ1) is 17.3. The molecule has 3 rings (SSSR count). The molecule has 0 saturated heterocycles. The fraction of sp³-hybridized carbons (Fsp3) is 0.500. The summed E-state index contributed by atoms with van der Waals surface area (Å²) in [5.74, 6) is 0.265. The van der Waals surface area contributed by atoms with Crippen LogP contribution in [0.2, 0.25) is 0 Å². The molecule has 2 aromatic rings. The molecule has 1 aromatic heterocycles. The summed E-state index contributed by atoms with van der Waals surface area (Å²) in [7, 11) is 0. The van der Waals surface area contributed by atoms with Gasteiger partial charge in [0.1, 0.15) is 0 Å². The Morgan fingerprint density at radius 3 is 2.60 bits per heavy atom. The van der Waals surface area contributed by atoms with Gasteiger partial charge in [0.2, 0.25) is 5.16 Å². The number of nitro benzene ring substituents is 2. The average molecular weight is 364 g/mol. The number of hydrogen-bond acceptors (Lipinski definition) is 8. The molecule has 1 heterocycles. The monoisotopic (exact) mass is 364 g/mol. The minimum atomic E-state index is -0.645. The molecule has 0 N–H and O–H groups in total. The molecule has 1 saturated carbocycles. The fourth-order valence-electron chi connectivity index (χ4n) is 2.94. The van der Waals surface area contributed by atoms with Gasteiger partial charge in [0.15, 0.2) is 0 Å². The number of aromatic nitrogens is 4. The Balaban J connectivity index is 1.77. The molecule has 0 bridgehead atoms. The van der Waals surface area contributed by atoms with E-state index in [9.17, 15) is 20.2 Å². The highest BCUT2D eigenvalue weighted by atomic mass is 32.2. The number of nitrogens with zero attached hydrogens (tertiary/aromatic N) is 6. The summed E-state index contributed by atoms with van der Waals surface area (Å²) in [6.07, 6.45) is 5.55. The van der Waals surface area contributed by atoms with E-state index in [1.54, 1.807) is 4.68 Å². The predicted octanol–water partition coefficient (Wildman–Crippen LogP) is 3.29. The highest BCUT2D eigenvalue weighted by Gasteiger charge is 2.23. The Morgan fingerprint density at radius 1 is 1.16 bits per heavy atom. The van der Waals surface area contributed by atoms with Gasteiger partial charge in [-0.2, -0.15) is 0 Å². The maximum Gasteiger partial charge on any atom is 0.280 e. The average Bonchev–Trinajstić information content (AvgIpc) is 3.09. The van der Waals surface area contributed by atoms with Gasteiger partial charge in [0.05, 0.1) is 22.0 Å². The fourth-order valence-corrected chi connectivity index (χ4v) is 3.88. The first-order valence-electron chi connectivity index (χ1n) is 7.88. The molecule has 0 spiro atoms. The van der Waals surface area contributed by atoms with E-state index in [1.807, 2.05) is 0 Å². The van der Waals surface area contributed by atoms with Crippen molar-refractivity contribution in [3.05, 3.63) is 44.0 Å². The lowest BCUT2D eigenvalue weighted by molar-refractivity contribution is -0.394. The molecule has 11 heteroatoms. The molecule has 1 aromatic carbocycles. The van der Waals surface area contributed by atoms with E-state index in [0.29, 0.717) is 10.7 Å². The van der Waals surface area contributed by atoms with Gasteiger partial charge in [-0.1, -0.05) is 31.0 Å². The molecule has 0 atom stereocenters. The lowest BCUT2D eigenvalue weighted by Crippen LogP contribution is -2.15. The highest BCUT2D eigenvalue weighted by molar-refractivity contribution is 7.98. The molecule has 0 unspecified atom stereocenters. The lowest BCUT2D eigenvalue weighted by atomic mass is 9.96. The van der Waals surface area contributed by atoms with Crippen LogP contribution >= 0.6 is 11.8 Å². The third-order valence-corrected chi connectivity index (χ3v) is 5.20. The van der Waals surface area contributed by atoms with Crippen molar-refractivity contribution in [1.29, 1.82) is 0 Å². The molecule has 0 radical (unpaired) electrons. The Bertz CT molecular complexity index is 789. The van der Waals surface area contributed by atoms with Crippen LogP contribution in [0, 0.1) is 20.2 Å². The minimum absolute atomic E-state index is 0.262. The second-order valence-electron chi connectivity index (χ2n) is 5.81. The van der Waals surface area contributed by atoms with Crippen LogP contribution in [-0.4, -0.2) is 30.1 Å². The van der Waals surface area contributed by atoms with Gasteiger partial charge < -0.3 is 0 Å². The zero-order valence-corrected chi connectivity index (χ0v) is 14.1. The number of rotatable bonds is 6. The van der Waals surface area contributed by atoms with Crippen molar-refractivity contribution in [2.24, 2.45) is 0 Å². The van der Waals surface area contributed by atoms with Crippen LogP contribution < -0.4 is 0 Å². The first-order chi connectivity index (χ1) is 12.1. The smallest absolute Gasteiger partial charge is 0.258 e. The quantitative estimate of drug-likeness (QED) is 0.433. The molecular formula is C14H16N6O4S. The maximum absolute atomic E-state index is 11.2. The van der Waals surface area contributed by atoms with Gasteiger partial charge in [-0.25, -0.2) is 4.68 Å². The summed E-state index contributed by atoms with van der Waals surface area (Å²) >= 11 is 1.30. The van der Waals surface area contributed by atoms with Gasteiger partial charge in [0.25, 0.3) is 11.4 Å². The van der Waals surface area contributed by atoms with Crippen LogP contribution in [0.3, 0.4) is 0 Å². The van der Waals surface area contributed by atoms with Crippen LogP contribution in [0.4, 0.5) is 11.4 Å². The van der Waals surface area contributed by atoms with E-state index in [2.05, 4.69) is 15.5 Å².